The first-order chi connectivity index (χ1) is 15.8. The van der Waals surface area contributed by atoms with Crippen LogP contribution in [0.5, 0.6) is 0 Å². The average Bonchev–Trinajstić information content (AvgIpc) is 3.27. The van der Waals surface area contributed by atoms with Crippen molar-refractivity contribution in [3.05, 3.63) is 54.1 Å². The van der Waals surface area contributed by atoms with Gasteiger partial charge in [-0.2, -0.15) is 13.1 Å². The van der Waals surface area contributed by atoms with Gasteiger partial charge in [0, 0.05) is 30.5 Å². The number of anilines is 1. The van der Waals surface area contributed by atoms with Crippen molar-refractivity contribution < 1.29 is 27.3 Å². The lowest BCUT2D eigenvalue weighted by molar-refractivity contribution is 0.0593. The number of nitrogens with one attached hydrogen (secondary N) is 1. The molecule has 4 rings (SSSR count). The SMILES string of the molecule is O=C(Nc1cccc(-n2nnnc2SC(=O)N2CCOCC2)c1)c1ccccc1S(=O)(=O)O. The number of ether oxygens (including phenoxy) is 1. The maximum Gasteiger partial charge on any atom is 0.295 e. The van der Waals surface area contributed by atoms with Crippen LogP contribution in [0.25, 0.3) is 5.69 Å². The van der Waals surface area contributed by atoms with Gasteiger partial charge in [-0.05, 0) is 40.8 Å². The van der Waals surface area contributed by atoms with Crippen molar-refractivity contribution in [3.63, 3.8) is 0 Å². The molecule has 1 aliphatic rings. The van der Waals surface area contributed by atoms with Crippen LogP contribution in [-0.4, -0.2) is 75.5 Å². The Bertz CT molecular complexity index is 1290. The minimum Gasteiger partial charge on any atom is -0.378 e. The molecule has 12 nitrogen and oxygen atoms in total. The van der Waals surface area contributed by atoms with E-state index >= 15 is 0 Å². The van der Waals surface area contributed by atoms with Gasteiger partial charge in [-0.25, -0.2) is 0 Å². The Labute approximate surface area is 192 Å². The summed E-state index contributed by atoms with van der Waals surface area (Å²) in [4.78, 5) is 26.3. The molecule has 0 unspecified atom stereocenters. The van der Waals surface area contributed by atoms with Crippen molar-refractivity contribution in [1.82, 2.24) is 25.1 Å². The van der Waals surface area contributed by atoms with Gasteiger partial charge in [-0.1, -0.05) is 18.2 Å². The van der Waals surface area contributed by atoms with E-state index < -0.39 is 20.9 Å². The van der Waals surface area contributed by atoms with Gasteiger partial charge in [-0.3, -0.25) is 14.1 Å². The van der Waals surface area contributed by atoms with Crippen LogP contribution >= 0.6 is 11.8 Å². The van der Waals surface area contributed by atoms with Crippen molar-refractivity contribution in [2.45, 2.75) is 10.1 Å². The zero-order chi connectivity index (χ0) is 23.4. The predicted octanol–water partition coefficient (Wildman–Crippen LogP) is 1.71. The van der Waals surface area contributed by atoms with Gasteiger partial charge < -0.3 is 15.0 Å². The molecule has 14 heteroatoms. The zero-order valence-electron chi connectivity index (χ0n) is 17.0. The van der Waals surface area contributed by atoms with E-state index in [0.717, 1.165) is 17.8 Å². The molecule has 2 heterocycles. The zero-order valence-corrected chi connectivity index (χ0v) is 18.6. The molecule has 3 aromatic rings. The number of carbonyl (C=O) groups excluding carboxylic acids is 2. The Morgan fingerprint density at radius 2 is 1.85 bits per heavy atom. The van der Waals surface area contributed by atoms with E-state index in [1.807, 2.05) is 0 Å². The summed E-state index contributed by atoms with van der Waals surface area (Å²) in [6, 6.07) is 11.8. The van der Waals surface area contributed by atoms with Gasteiger partial charge in [0.05, 0.1) is 24.5 Å². The fourth-order valence-corrected chi connectivity index (χ4v) is 4.55. The number of rotatable bonds is 5. The number of hydrogen-bond acceptors (Lipinski definition) is 9. The molecule has 0 atom stereocenters. The topological polar surface area (TPSA) is 157 Å². The second-order valence-corrected chi connectivity index (χ2v) is 9.12. The Hall–Kier alpha value is -3.33. The van der Waals surface area contributed by atoms with E-state index in [-0.39, 0.29) is 16.0 Å². The van der Waals surface area contributed by atoms with Crippen LogP contribution in [0.15, 0.2) is 58.6 Å². The van der Waals surface area contributed by atoms with E-state index in [0.29, 0.717) is 37.7 Å². The first kappa shape index (κ1) is 22.8. The number of carbonyl (C=O) groups is 2. The highest BCUT2D eigenvalue weighted by molar-refractivity contribution is 8.13. The van der Waals surface area contributed by atoms with E-state index in [1.165, 1.54) is 22.9 Å². The molecule has 0 radical (unpaired) electrons. The van der Waals surface area contributed by atoms with Crippen molar-refractivity contribution in [2.75, 3.05) is 31.6 Å². The van der Waals surface area contributed by atoms with Crippen LogP contribution in [0.2, 0.25) is 0 Å². The molecule has 0 aliphatic carbocycles. The number of tetrazole rings is 1. The normalized spacial score (nSPS) is 14.2. The Kier molecular flexibility index (Phi) is 6.69. The molecule has 0 spiro atoms. The highest BCUT2D eigenvalue weighted by Gasteiger charge is 2.22. The third-order valence-electron chi connectivity index (χ3n) is 4.65. The van der Waals surface area contributed by atoms with Crippen molar-refractivity contribution >= 4 is 38.7 Å². The van der Waals surface area contributed by atoms with Gasteiger partial charge in [0.15, 0.2) is 0 Å². The summed E-state index contributed by atoms with van der Waals surface area (Å²) >= 11 is 0.876. The number of thioether (sulfide) groups is 1. The lowest BCUT2D eigenvalue weighted by atomic mass is 10.2. The Balaban J connectivity index is 1.54. The number of hydrogen-bond donors (Lipinski definition) is 2. The van der Waals surface area contributed by atoms with Gasteiger partial charge in [-0.15, -0.1) is 5.10 Å². The third-order valence-corrected chi connectivity index (χ3v) is 6.43. The second kappa shape index (κ2) is 9.66. The summed E-state index contributed by atoms with van der Waals surface area (Å²) in [5.41, 5.74) is 0.590. The molecular formula is C19H18N6O6S2. The van der Waals surface area contributed by atoms with E-state index in [2.05, 4.69) is 20.8 Å². The molecule has 1 fully saturated rings. The molecule has 2 aromatic carbocycles. The summed E-state index contributed by atoms with van der Waals surface area (Å²) < 4.78 is 39.1. The molecule has 33 heavy (non-hydrogen) atoms. The van der Waals surface area contributed by atoms with Crippen LogP contribution in [0.4, 0.5) is 10.5 Å². The van der Waals surface area contributed by atoms with Crippen molar-refractivity contribution in [1.29, 1.82) is 0 Å². The molecule has 0 bridgehead atoms. The minimum absolute atomic E-state index is 0.208. The van der Waals surface area contributed by atoms with Crippen LogP contribution < -0.4 is 5.32 Å². The summed E-state index contributed by atoms with van der Waals surface area (Å²) in [6.07, 6.45) is 0. The highest BCUT2D eigenvalue weighted by Crippen LogP contribution is 2.24. The van der Waals surface area contributed by atoms with E-state index in [1.54, 1.807) is 29.2 Å². The minimum atomic E-state index is -4.58. The van der Waals surface area contributed by atoms with Gasteiger partial charge in [0.1, 0.15) is 4.90 Å². The summed E-state index contributed by atoms with van der Waals surface area (Å²) in [7, 11) is -4.58. The Morgan fingerprint density at radius 1 is 1.09 bits per heavy atom. The molecule has 0 saturated carbocycles. The lowest BCUT2D eigenvalue weighted by Crippen LogP contribution is -2.38. The first-order valence-corrected chi connectivity index (χ1v) is 11.9. The maximum absolute atomic E-state index is 12.7. The molecule has 1 aromatic heterocycles. The Morgan fingerprint density at radius 3 is 2.61 bits per heavy atom. The summed E-state index contributed by atoms with van der Waals surface area (Å²) in [6.45, 7) is 1.92. The van der Waals surface area contributed by atoms with Gasteiger partial charge >= 0.3 is 0 Å². The predicted molar refractivity (Wildman–Crippen MR) is 117 cm³/mol. The van der Waals surface area contributed by atoms with Crippen LogP contribution in [0, 0.1) is 0 Å². The first-order valence-electron chi connectivity index (χ1n) is 9.64. The van der Waals surface area contributed by atoms with Crippen LogP contribution in [0.1, 0.15) is 10.4 Å². The maximum atomic E-state index is 12.7. The standard InChI is InChI=1S/C19H18N6O6S2/c26-17(15-6-1-2-7-16(15)33(28,29)30)20-13-4-3-5-14(12-13)25-18(21-22-23-25)32-19(27)24-8-10-31-11-9-24/h1-7,12H,8-11H2,(H,20,26)(H,28,29,30). The monoisotopic (exact) mass is 490 g/mol. The van der Waals surface area contributed by atoms with Crippen molar-refractivity contribution in [3.8, 4) is 5.69 Å². The number of benzene rings is 2. The highest BCUT2D eigenvalue weighted by atomic mass is 32.2. The number of nitrogens with zero attached hydrogens (tertiary/aromatic N) is 5. The molecule has 1 aliphatic heterocycles. The quantitative estimate of drug-likeness (QED) is 0.398. The molecule has 2 amide bonds. The number of morpholine rings is 1. The third kappa shape index (κ3) is 5.36. The van der Waals surface area contributed by atoms with Gasteiger partial charge in [0.2, 0.25) is 5.16 Å². The summed E-state index contributed by atoms with van der Waals surface area (Å²) in [5, 5.41) is 14.1. The smallest absolute Gasteiger partial charge is 0.295 e. The fraction of sp³-hybridized carbons (Fsp3) is 0.211. The van der Waals surface area contributed by atoms with Crippen LogP contribution in [0.3, 0.4) is 0 Å². The second-order valence-electron chi connectivity index (χ2n) is 6.82. The number of amides is 2. The van der Waals surface area contributed by atoms with Gasteiger partial charge in [0.25, 0.3) is 21.3 Å². The molecule has 2 N–H and O–H groups in total. The van der Waals surface area contributed by atoms with E-state index in [4.69, 9.17) is 4.74 Å². The lowest BCUT2D eigenvalue weighted by Gasteiger charge is -2.25. The van der Waals surface area contributed by atoms with Crippen LogP contribution in [-0.2, 0) is 14.9 Å². The van der Waals surface area contributed by atoms with E-state index in [9.17, 15) is 22.6 Å². The molecule has 172 valence electrons. The largest absolute Gasteiger partial charge is 0.378 e. The molecule has 1 saturated heterocycles. The number of aromatic nitrogens is 4. The summed E-state index contributed by atoms with van der Waals surface area (Å²) in [5.74, 6) is -0.728. The fourth-order valence-electron chi connectivity index (χ4n) is 3.09. The molecular weight excluding hydrogens is 472 g/mol. The van der Waals surface area contributed by atoms with Crippen molar-refractivity contribution in [2.24, 2.45) is 0 Å². The average molecular weight is 491 g/mol.